The minimum Gasteiger partial charge on any atom is -0.497 e. The Morgan fingerprint density at radius 1 is 0.900 bits per heavy atom. The van der Waals surface area contributed by atoms with Crippen LogP contribution in [-0.4, -0.2) is 22.0 Å². The molecule has 1 N–H and O–H groups in total. The molecule has 0 amide bonds. The molecule has 0 atom stereocenters. The van der Waals surface area contributed by atoms with E-state index in [1.165, 1.54) is 5.56 Å². The predicted molar refractivity (Wildman–Crippen MR) is 124 cm³/mol. The molecule has 4 rings (SSSR count). The van der Waals surface area contributed by atoms with Gasteiger partial charge in [-0.25, -0.2) is 0 Å². The second kappa shape index (κ2) is 9.13. The quantitative estimate of drug-likeness (QED) is 0.417. The number of nitrogens with one attached hydrogen (secondary N) is 1. The number of nitrogens with zero attached hydrogens (tertiary/aromatic N) is 2. The summed E-state index contributed by atoms with van der Waals surface area (Å²) in [5.41, 5.74) is 5.07. The van der Waals surface area contributed by atoms with Crippen LogP contribution in [0.15, 0.2) is 72.8 Å². The molecule has 1 aromatic heterocycles. The zero-order chi connectivity index (χ0) is 20.4. The Labute approximate surface area is 185 Å². The summed E-state index contributed by atoms with van der Waals surface area (Å²) in [5.74, 6) is 0.675. The van der Waals surface area contributed by atoms with E-state index >= 15 is 0 Å². The van der Waals surface area contributed by atoms with Crippen LogP contribution >= 0.6 is 17.0 Å². The molecule has 154 valence electrons. The van der Waals surface area contributed by atoms with Crippen LogP contribution in [0.5, 0.6) is 5.75 Å². The van der Waals surface area contributed by atoms with Crippen molar-refractivity contribution in [3.05, 3.63) is 95.1 Å². The first-order chi connectivity index (χ1) is 14.1. The van der Waals surface area contributed by atoms with Crippen molar-refractivity contribution >= 4 is 33.8 Å². The topological polar surface area (TPSA) is 60.0 Å². The molecule has 0 bridgehead atoms. The molecule has 0 aliphatic carbocycles. The second-order valence-electron chi connectivity index (χ2n) is 7.12. The van der Waals surface area contributed by atoms with Crippen molar-refractivity contribution in [1.82, 2.24) is 9.13 Å². The number of carbonyl (C=O) groups excluding carboxylic acids is 1. The Morgan fingerprint density at radius 3 is 2.10 bits per heavy atom. The smallest absolute Gasteiger partial charge is 0.203 e. The number of aryl methyl sites for hydroxylation is 1. The highest BCUT2D eigenvalue weighted by Gasteiger charge is 2.15. The number of methoxy groups -OCH3 is 1. The summed E-state index contributed by atoms with van der Waals surface area (Å²) in [6, 6.07) is 23.2. The van der Waals surface area contributed by atoms with Crippen LogP contribution < -0.4 is 10.4 Å². The highest BCUT2D eigenvalue weighted by Crippen LogP contribution is 2.17. The van der Waals surface area contributed by atoms with Crippen LogP contribution in [0.2, 0.25) is 0 Å². The number of para-hydroxylation sites is 2. The van der Waals surface area contributed by atoms with Crippen molar-refractivity contribution in [3.63, 3.8) is 0 Å². The van der Waals surface area contributed by atoms with E-state index in [4.69, 9.17) is 10.1 Å². The fraction of sp³-hybridized carbons (Fsp3) is 0.167. The van der Waals surface area contributed by atoms with Crippen molar-refractivity contribution in [1.29, 1.82) is 5.41 Å². The monoisotopic (exact) mass is 465 g/mol. The number of rotatable bonds is 6. The number of hydrogen-bond donors (Lipinski definition) is 1. The van der Waals surface area contributed by atoms with E-state index in [9.17, 15) is 4.79 Å². The summed E-state index contributed by atoms with van der Waals surface area (Å²) in [5, 5.41) is 8.74. The molecular formula is C24H24BrN3O2. The number of hydrogen-bond acceptors (Lipinski definition) is 3. The summed E-state index contributed by atoms with van der Waals surface area (Å²) in [6.07, 6.45) is 0. The molecule has 0 unspecified atom stereocenters. The average Bonchev–Trinajstić information content (AvgIpc) is 3.01. The van der Waals surface area contributed by atoms with Crippen molar-refractivity contribution in [2.75, 3.05) is 7.11 Å². The molecule has 5 nitrogen and oxygen atoms in total. The third-order valence-electron chi connectivity index (χ3n) is 5.15. The van der Waals surface area contributed by atoms with E-state index in [-0.39, 0.29) is 29.3 Å². The minimum atomic E-state index is -0.0376. The summed E-state index contributed by atoms with van der Waals surface area (Å²) >= 11 is 0. The van der Waals surface area contributed by atoms with Gasteiger partial charge < -0.3 is 13.9 Å². The normalized spacial score (nSPS) is 10.6. The third kappa shape index (κ3) is 4.24. The van der Waals surface area contributed by atoms with E-state index in [2.05, 4.69) is 31.2 Å². The van der Waals surface area contributed by atoms with E-state index < -0.39 is 0 Å². The molecule has 0 saturated carbocycles. The minimum absolute atomic E-state index is 0. The molecule has 4 aromatic rings. The van der Waals surface area contributed by atoms with Crippen LogP contribution in [0.3, 0.4) is 0 Å². The van der Waals surface area contributed by atoms with Gasteiger partial charge in [-0.15, -0.1) is 17.0 Å². The number of ether oxygens (including phenoxy) is 1. The van der Waals surface area contributed by atoms with Gasteiger partial charge in [-0.1, -0.05) is 42.0 Å². The molecule has 0 aliphatic rings. The van der Waals surface area contributed by atoms with Crippen LogP contribution in [0.1, 0.15) is 21.5 Å². The zero-order valence-corrected chi connectivity index (χ0v) is 18.7. The van der Waals surface area contributed by atoms with Crippen LogP contribution in [0.25, 0.3) is 11.0 Å². The fourth-order valence-electron chi connectivity index (χ4n) is 3.50. The molecule has 6 heteroatoms. The summed E-state index contributed by atoms with van der Waals surface area (Å²) < 4.78 is 8.88. The molecule has 0 radical (unpaired) electrons. The summed E-state index contributed by atoms with van der Waals surface area (Å²) in [4.78, 5) is 12.9. The van der Waals surface area contributed by atoms with Crippen molar-refractivity contribution in [2.24, 2.45) is 0 Å². The SMILES string of the molecule is Br.COc1ccc(C(=O)Cn2c(=N)n(Cc3ccc(C)cc3)c3ccccc32)cc1. The summed E-state index contributed by atoms with van der Waals surface area (Å²) in [6.45, 7) is 2.76. The van der Waals surface area contributed by atoms with Gasteiger partial charge in [0.2, 0.25) is 5.62 Å². The van der Waals surface area contributed by atoms with Crippen LogP contribution in [0, 0.1) is 12.3 Å². The summed E-state index contributed by atoms with van der Waals surface area (Å²) in [7, 11) is 1.60. The highest BCUT2D eigenvalue weighted by atomic mass is 79.9. The first-order valence-electron chi connectivity index (χ1n) is 9.52. The molecule has 1 heterocycles. The number of carbonyl (C=O) groups is 1. The van der Waals surface area contributed by atoms with Gasteiger partial charge in [0.05, 0.1) is 31.2 Å². The lowest BCUT2D eigenvalue weighted by Gasteiger charge is -2.06. The Kier molecular flexibility index (Phi) is 6.57. The largest absolute Gasteiger partial charge is 0.497 e. The number of benzene rings is 3. The van der Waals surface area contributed by atoms with Gasteiger partial charge in [0.25, 0.3) is 0 Å². The molecule has 0 aliphatic heterocycles. The van der Waals surface area contributed by atoms with Crippen molar-refractivity contribution in [2.45, 2.75) is 20.0 Å². The number of aromatic nitrogens is 2. The number of ketones is 1. The predicted octanol–water partition coefficient (Wildman–Crippen LogP) is 4.75. The maximum atomic E-state index is 12.9. The molecule has 0 saturated heterocycles. The lowest BCUT2D eigenvalue weighted by molar-refractivity contribution is 0.0971. The Bertz CT molecular complexity index is 1220. The Balaban J connectivity index is 0.00000256. The zero-order valence-electron chi connectivity index (χ0n) is 17.0. The highest BCUT2D eigenvalue weighted by molar-refractivity contribution is 8.93. The molecule has 3 aromatic carbocycles. The van der Waals surface area contributed by atoms with Gasteiger partial charge in [-0.05, 0) is 48.9 Å². The Hall–Kier alpha value is -3.12. The van der Waals surface area contributed by atoms with E-state index in [1.807, 2.05) is 28.8 Å². The number of Topliss-reactive ketones (excluding diaryl/α,β-unsaturated/α-hetero) is 1. The maximum absolute atomic E-state index is 12.9. The second-order valence-corrected chi connectivity index (χ2v) is 7.12. The number of fused-ring (bicyclic) bond motifs is 1. The molecule has 0 fully saturated rings. The van der Waals surface area contributed by atoms with Crippen molar-refractivity contribution in [3.8, 4) is 5.75 Å². The van der Waals surface area contributed by atoms with Gasteiger partial charge in [-0.3, -0.25) is 10.2 Å². The van der Waals surface area contributed by atoms with Gasteiger partial charge in [0.15, 0.2) is 5.78 Å². The first-order valence-corrected chi connectivity index (χ1v) is 9.52. The van der Waals surface area contributed by atoms with E-state index in [0.29, 0.717) is 23.5 Å². The molecule has 0 spiro atoms. The molecule has 30 heavy (non-hydrogen) atoms. The van der Waals surface area contributed by atoms with Crippen LogP contribution in [0.4, 0.5) is 0 Å². The van der Waals surface area contributed by atoms with Crippen LogP contribution in [-0.2, 0) is 13.1 Å². The maximum Gasteiger partial charge on any atom is 0.203 e. The molecular weight excluding hydrogens is 442 g/mol. The fourth-order valence-corrected chi connectivity index (χ4v) is 3.50. The number of halogens is 1. The average molecular weight is 466 g/mol. The number of imidazole rings is 1. The van der Waals surface area contributed by atoms with Gasteiger partial charge in [-0.2, -0.15) is 0 Å². The lowest BCUT2D eigenvalue weighted by Crippen LogP contribution is -2.27. The third-order valence-corrected chi connectivity index (χ3v) is 5.15. The van der Waals surface area contributed by atoms with Gasteiger partial charge >= 0.3 is 0 Å². The Morgan fingerprint density at radius 2 is 1.50 bits per heavy atom. The van der Waals surface area contributed by atoms with E-state index in [1.54, 1.807) is 35.9 Å². The standard InChI is InChI=1S/C24H23N3O2.BrH/c1-17-7-9-18(10-8-17)15-26-21-5-3-4-6-22(21)27(24(26)25)16-23(28)19-11-13-20(29-2)14-12-19;/h3-14,25H,15-16H2,1-2H3;1H. The first kappa shape index (κ1) is 21.6. The van der Waals surface area contributed by atoms with Crippen molar-refractivity contribution < 1.29 is 9.53 Å². The van der Waals surface area contributed by atoms with Gasteiger partial charge in [0.1, 0.15) is 5.75 Å². The van der Waals surface area contributed by atoms with E-state index in [0.717, 1.165) is 16.6 Å². The lowest BCUT2D eigenvalue weighted by atomic mass is 10.1. The van der Waals surface area contributed by atoms with Gasteiger partial charge in [0, 0.05) is 5.56 Å².